The molecule has 0 fully saturated rings. The Morgan fingerprint density at radius 3 is 1.56 bits per heavy atom. The van der Waals surface area contributed by atoms with Gasteiger partial charge in [-0.25, -0.2) is 0 Å². The van der Waals surface area contributed by atoms with Gasteiger partial charge in [-0.3, -0.25) is 0 Å². The molecular weight excluding hydrogens is 437 g/mol. The van der Waals surface area contributed by atoms with Crippen molar-refractivity contribution in [3.8, 4) is 5.30 Å². The van der Waals surface area contributed by atoms with Gasteiger partial charge in [0.15, 0.2) is 0 Å². The minimum Gasteiger partial charge on any atom is -0.416 e. The monoisotopic (exact) mass is 465 g/mol. The number of hydrogen-bond donors (Lipinski definition) is 0. The molecule has 0 aliphatic rings. The van der Waals surface area contributed by atoms with Crippen molar-refractivity contribution in [3.05, 3.63) is 97.1 Å². The molecule has 5 aromatic carbocycles. The van der Waals surface area contributed by atoms with Gasteiger partial charge in [0.1, 0.15) is 11.2 Å². The first-order valence-corrected chi connectivity index (χ1v) is 12.8. The van der Waals surface area contributed by atoms with Crippen LogP contribution in [-0.2, 0) is 0 Å². The lowest BCUT2D eigenvalue weighted by Gasteiger charge is -2.15. The summed E-state index contributed by atoms with van der Waals surface area (Å²) in [6.45, 7) is 4.00. The molecule has 0 N–H and O–H groups in total. The maximum Gasteiger partial charge on any atom is 0.255 e. The standard InChI is InChI=1S/C28H22NO2P.C2H6/c1-29(2)23-13-7-8-14-26(23)32-30-24-17-15-19-9-3-5-11-21(19)27(24)28-22-12-6-4-10-20(22)16-18-25(28)31-32;1-2/h3-18H,1-2H3;1-2H3. The second kappa shape index (κ2) is 9.29. The van der Waals surface area contributed by atoms with Gasteiger partial charge in [0.05, 0.1) is 11.0 Å². The first-order chi connectivity index (χ1) is 16.7. The Balaban J connectivity index is 0.00000117. The molecule has 0 saturated heterocycles. The molecule has 0 bridgehead atoms. The molecule has 1 heterocycles. The molecule has 6 aromatic rings. The van der Waals surface area contributed by atoms with Crippen molar-refractivity contribution in [2.75, 3.05) is 19.0 Å². The molecule has 0 amide bonds. The molecule has 0 radical (unpaired) electrons. The van der Waals surface area contributed by atoms with E-state index in [1.54, 1.807) is 0 Å². The molecule has 0 unspecified atom stereocenters. The summed E-state index contributed by atoms with van der Waals surface area (Å²) < 4.78 is 13.4. The fraction of sp³-hybridized carbons (Fsp3) is 0.133. The van der Waals surface area contributed by atoms with Crippen LogP contribution < -0.4 is 4.90 Å². The summed E-state index contributed by atoms with van der Waals surface area (Å²) in [5, 5.41) is 7.98. The van der Waals surface area contributed by atoms with Gasteiger partial charge in [0.25, 0.3) is 8.01 Å². The zero-order valence-corrected chi connectivity index (χ0v) is 20.8. The van der Waals surface area contributed by atoms with Crippen LogP contribution in [0.3, 0.4) is 0 Å². The molecule has 0 aliphatic carbocycles. The van der Waals surface area contributed by atoms with Gasteiger partial charge in [-0.2, -0.15) is 0 Å². The van der Waals surface area contributed by atoms with Crippen molar-refractivity contribution in [2.24, 2.45) is 0 Å². The number of anilines is 1. The highest BCUT2D eigenvalue weighted by Crippen LogP contribution is 2.48. The summed E-state index contributed by atoms with van der Waals surface area (Å²) in [5.41, 5.74) is 2.82. The van der Waals surface area contributed by atoms with E-state index in [0.717, 1.165) is 32.9 Å². The van der Waals surface area contributed by atoms with E-state index in [0.29, 0.717) is 0 Å². The van der Waals surface area contributed by atoms with Gasteiger partial charge in [0, 0.05) is 24.9 Å². The molecule has 0 spiro atoms. The van der Waals surface area contributed by atoms with E-state index in [1.807, 2.05) is 19.9 Å². The van der Waals surface area contributed by atoms with Crippen LogP contribution in [0.1, 0.15) is 13.8 Å². The molecule has 6 rings (SSSR count). The maximum absolute atomic E-state index is 6.69. The van der Waals surface area contributed by atoms with E-state index in [1.165, 1.54) is 21.5 Å². The van der Waals surface area contributed by atoms with Crippen LogP contribution in [0, 0.1) is 0 Å². The van der Waals surface area contributed by atoms with Gasteiger partial charge in [-0.05, 0) is 45.8 Å². The van der Waals surface area contributed by atoms with Crippen molar-refractivity contribution in [3.63, 3.8) is 0 Å². The van der Waals surface area contributed by atoms with Crippen molar-refractivity contribution < 1.29 is 8.39 Å². The highest BCUT2D eigenvalue weighted by atomic mass is 31.1. The summed E-state index contributed by atoms with van der Waals surface area (Å²) >= 11 is 0. The largest absolute Gasteiger partial charge is 0.416 e. The van der Waals surface area contributed by atoms with Gasteiger partial charge < -0.3 is 13.3 Å². The highest BCUT2D eigenvalue weighted by Gasteiger charge is 2.16. The molecule has 4 heteroatoms. The lowest BCUT2D eigenvalue weighted by atomic mass is 9.99. The van der Waals surface area contributed by atoms with Crippen LogP contribution in [0.15, 0.2) is 105 Å². The van der Waals surface area contributed by atoms with E-state index in [9.17, 15) is 0 Å². The molecule has 170 valence electrons. The van der Waals surface area contributed by atoms with Crippen molar-refractivity contribution in [1.29, 1.82) is 0 Å². The molecule has 1 aromatic heterocycles. The fourth-order valence-corrected chi connectivity index (χ4v) is 6.03. The van der Waals surface area contributed by atoms with Crippen LogP contribution in [0.25, 0.3) is 48.8 Å². The second-order valence-corrected chi connectivity index (χ2v) is 9.50. The van der Waals surface area contributed by atoms with Gasteiger partial charge in [-0.1, -0.05) is 86.6 Å². The van der Waals surface area contributed by atoms with E-state index >= 15 is 0 Å². The van der Waals surface area contributed by atoms with Crippen LogP contribution in [-0.4, -0.2) is 14.1 Å². The Labute approximate surface area is 200 Å². The van der Waals surface area contributed by atoms with Crippen molar-refractivity contribution in [1.82, 2.24) is 0 Å². The lowest BCUT2D eigenvalue weighted by Crippen LogP contribution is -2.08. The number of hydrogen-bond acceptors (Lipinski definition) is 3. The smallest absolute Gasteiger partial charge is 0.255 e. The third kappa shape index (κ3) is 3.73. The Hall–Kier alpha value is -3.68. The van der Waals surface area contributed by atoms with Crippen LogP contribution in [0.5, 0.6) is 0 Å². The summed E-state index contributed by atoms with van der Waals surface area (Å²) in [5.74, 6) is 0. The number of para-hydroxylation sites is 1. The average Bonchev–Trinajstić information content (AvgIpc) is 3.07. The number of rotatable bonds is 2. The second-order valence-electron chi connectivity index (χ2n) is 8.14. The summed E-state index contributed by atoms with van der Waals surface area (Å²) in [6, 6.07) is 33.7. The topological polar surface area (TPSA) is 29.5 Å². The minimum absolute atomic E-state index is 0.860. The van der Waals surface area contributed by atoms with Crippen LogP contribution >= 0.6 is 8.01 Å². The van der Waals surface area contributed by atoms with E-state index in [2.05, 4.69) is 110 Å². The third-order valence-electron chi connectivity index (χ3n) is 5.95. The van der Waals surface area contributed by atoms with E-state index in [-0.39, 0.29) is 0 Å². The van der Waals surface area contributed by atoms with Crippen molar-refractivity contribution >= 4 is 57.2 Å². The number of fused-ring (bicyclic) bond motifs is 7. The highest BCUT2D eigenvalue weighted by molar-refractivity contribution is 7.46. The Morgan fingerprint density at radius 1 is 0.559 bits per heavy atom. The predicted octanol–water partition coefficient (Wildman–Crippen LogP) is 9.68. The van der Waals surface area contributed by atoms with Gasteiger partial charge in [0.2, 0.25) is 0 Å². The SMILES string of the molecule is CC.CN(C)c1ccccc1-p1oc2ccc3ccccc3c2c2c(ccc3ccccc32)o1. The fourth-order valence-electron chi connectivity index (χ4n) is 4.46. The molecular formula is C30H28NO2P. The molecule has 0 saturated carbocycles. The van der Waals surface area contributed by atoms with E-state index in [4.69, 9.17) is 8.39 Å². The van der Waals surface area contributed by atoms with Crippen LogP contribution in [0.2, 0.25) is 0 Å². The van der Waals surface area contributed by atoms with Crippen molar-refractivity contribution in [2.45, 2.75) is 13.8 Å². The Bertz CT molecular complexity index is 1570. The average molecular weight is 466 g/mol. The number of benzene rings is 5. The number of nitrogens with zero attached hydrogens (tertiary/aromatic N) is 1. The first-order valence-electron chi connectivity index (χ1n) is 11.7. The third-order valence-corrected chi connectivity index (χ3v) is 7.45. The quantitative estimate of drug-likeness (QED) is 0.255. The Kier molecular flexibility index (Phi) is 6.04. The summed E-state index contributed by atoms with van der Waals surface area (Å²) in [4.78, 5) is 2.11. The zero-order valence-electron chi connectivity index (χ0n) is 19.9. The van der Waals surface area contributed by atoms with Crippen LogP contribution in [0.4, 0.5) is 5.69 Å². The summed E-state index contributed by atoms with van der Waals surface area (Å²) in [6.07, 6.45) is 0. The van der Waals surface area contributed by atoms with Gasteiger partial charge >= 0.3 is 0 Å². The summed E-state index contributed by atoms with van der Waals surface area (Å²) in [7, 11) is 2.73. The van der Waals surface area contributed by atoms with Gasteiger partial charge in [-0.15, -0.1) is 0 Å². The molecule has 0 atom stereocenters. The first kappa shape index (κ1) is 22.1. The zero-order chi connectivity index (χ0) is 23.7. The molecule has 34 heavy (non-hydrogen) atoms. The molecule has 3 nitrogen and oxygen atoms in total. The Morgan fingerprint density at radius 2 is 1.03 bits per heavy atom. The molecule has 0 aliphatic heterocycles. The lowest BCUT2D eigenvalue weighted by molar-refractivity contribution is 0.651. The predicted molar refractivity (Wildman–Crippen MR) is 148 cm³/mol. The minimum atomic E-state index is -1.37. The maximum atomic E-state index is 6.69. The normalized spacial score (nSPS) is 10.9. The van der Waals surface area contributed by atoms with E-state index < -0.39 is 8.01 Å².